The molecule has 0 N–H and O–H groups in total. The van der Waals surface area contributed by atoms with Gasteiger partial charge in [-0.1, -0.05) is 13.3 Å². The topological polar surface area (TPSA) is 0 Å². The molecule has 0 aromatic rings. The molecule has 0 rings (SSSR count). The summed E-state index contributed by atoms with van der Waals surface area (Å²) in [6, 6.07) is 0. The Hall–Kier alpha value is 0.140. The van der Waals surface area contributed by atoms with Crippen LogP contribution in [-0.2, 0) is 0 Å². The van der Waals surface area contributed by atoms with Crippen molar-refractivity contribution >= 4 is 11.2 Å². The fraction of sp³-hybridized carbons (Fsp3) is 1.00. The molecule has 0 heterocycles. The van der Waals surface area contributed by atoms with Crippen LogP contribution < -0.4 is 0 Å². The first-order chi connectivity index (χ1) is 3.56. The second-order valence-electron chi connectivity index (χ2n) is 1.56. The van der Waals surface area contributed by atoms with Gasteiger partial charge in [0.2, 0.25) is 11.2 Å². The van der Waals surface area contributed by atoms with Gasteiger partial charge in [0.1, 0.15) is 0 Å². The predicted molar refractivity (Wildman–Crippen MR) is 30.7 cm³/mol. The van der Waals surface area contributed by atoms with Gasteiger partial charge in [0, 0.05) is 0 Å². The minimum absolute atomic E-state index is 0.291. The molecule has 52 valence electrons. The Morgan fingerprint density at radius 1 is 1.25 bits per heavy atom. The zero-order valence-electron chi connectivity index (χ0n) is 4.66. The molecule has 0 nitrogen and oxygen atoms in total. The van der Waals surface area contributed by atoms with Crippen LogP contribution in [0.4, 0.5) is 11.7 Å². The Balaban J connectivity index is 3.11. The van der Waals surface area contributed by atoms with E-state index in [0.29, 0.717) is 12.8 Å². The fourth-order valence-corrected chi connectivity index (χ4v) is 0.924. The summed E-state index contributed by atoms with van der Waals surface area (Å²) in [4.78, 5) is 0. The Morgan fingerprint density at radius 3 is 1.88 bits per heavy atom. The third-order valence-electron chi connectivity index (χ3n) is 0.729. The zero-order chi connectivity index (χ0) is 6.62. The molecule has 8 heavy (non-hydrogen) atoms. The van der Waals surface area contributed by atoms with Crippen LogP contribution in [0.5, 0.6) is 0 Å². The van der Waals surface area contributed by atoms with Crippen molar-refractivity contribution in [1.82, 2.24) is 0 Å². The first-order valence-electron chi connectivity index (χ1n) is 2.46. The minimum Gasteiger partial charge on any atom is -0.125 e. The largest absolute Gasteiger partial charge is 0.209 e. The third-order valence-corrected chi connectivity index (χ3v) is 1.48. The molecule has 0 fully saturated rings. The lowest BCUT2D eigenvalue weighted by Gasteiger charge is -2.06. The predicted octanol–water partition coefficient (Wildman–Crippen LogP) is 3.24. The molecule has 0 aromatic heterocycles. The van der Waals surface area contributed by atoms with Crippen molar-refractivity contribution in [2.24, 2.45) is 0 Å². The Bertz CT molecular complexity index is 58.8. The molecule has 0 atom stereocenters. The summed E-state index contributed by atoms with van der Waals surface area (Å²) in [6.07, 6.45) is 0.922. The van der Waals surface area contributed by atoms with E-state index in [2.05, 4.69) is 0 Å². The summed E-state index contributed by atoms with van der Waals surface area (Å²) in [5.74, 6) is -0.552. The lowest BCUT2D eigenvalue weighted by atomic mass is 10.4. The van der Waals surface area contributed by atoms with E-state index in [4.69, 9.17) is 0 Å². The van der Waals surface area contributed by atoms with Crippen LogP contribution in [0, 0.1) is 0 Å². The van der Waals surface area contributed by atoms with Gasteiger partial charge in [-0.05, 0) is 6.42 Å². The number of hydrogen-bond donors (Lipinski definition) is 0. The van der Waals surface area contributed by atoms with Crippen molar-refractivity contribution in [3.05, 3.63) is 0 Å². The lowest BCUT2D eigenvalue weighted by Crippen LogP contribution is -1.84. The molecule has 0 aliphatic carbocycles. The highest BCUT2D eigenvalue weighted by molar-refractivity contribution is 8.20. The van der Waals surface area contributed by atoms with Gasteiger partial charge in [-0.15, -0.1) is 11.7 Å². The van der Waals surface area contributed by atoms with E-state index in [9.17, 15) is 11.7 Å². The van der Waals surface area contributed by atoms with Gasteiger partial charge in [0.05, 0.1) is 5.75 Å². The van der Waals surface area contributed by atoms with Gasteiger partial charge >= 0.3 is 0 Å². The van der Waals surface area contributed by atoms with Gasteiger partial charge < -0.3 is 0 Å². The Kier molecular flexibility index (Phi) is 3.28. The van der Waals surface area contributed by atoms with Crippen molar-refractivity contribution in [3.63, 3.8) is 0 Å². The normalized spacial score (nSPS) is 14.0. The molecule has 4 heteroatoms. The lowest BCUT2D eigenvalue weighted by molar-refractivity contribution is 0.624. The molecular weight excluding hydrogens is 137 g/mol. The van der Waals surface area contributed by atoms with Crippen molar-refractivity contribution in [2.75, 3.05) is 5.75 Å². The summed E-state index contributed by atoms with van der Waals surface area (Å²) in [5.41, 5.74) is 0. The highest BCUT2D eigenvalue weighted by atomic mass is 32.3. The maximum atomic E-state index is 11.3. The standard InChI is InChI=1S/C4H9F3S/c1-2-3-4-8(5,6)7/h2-4H2,1H3. The molecule has 0 aliphatic rings. The molecule has 0 bridgehead atoms. The van der Waals surface area contributed by atoms with Gasteiger partial charge in [0.15, 0.2) is 0 Å². The number of halogens is 3. The molecule has 0 unspecified atom stereocenters. The molecular formula is C4H9F3S. The first-order valence-corrected chi connectivity index (χ1v) is 3.96. The first kappa shape index (κ1) is 8.14. The van der Waals surface area contributed by atoms with Crippen molar-refractivity contribution in [1.29, 1.82) is 0 Å². The van der Waals surface area contributed by atoms with E-state index in [-0.39, 0.29) is 0 Å². The maximum absolute atomic E-state index is 11.3. The second kappa shape index (κ2) is 3.22. The molecule has 0 amide bonds. The number of hydrogen-bond acceptors (Lipinski definition) is 0. The van der Waals surface area contributed by atoms with E-state index in [0.717, 1.165) is 0 Å². The van der Waals surface area contributed by atoms with Crippen molar-refractivity contribution in [3.8, 4) is 0 Å². The summed E-state index contributed by atoms with van der Waals surface area (Å²) >= 11 is -4.69. The zero-order valence-corrected chi connectivity index (χ0v) is 5.48. The highest BCUT2D eigenvalue weighted by Gasteiger charge is 2.18. The fourth-order valence-electron chi connectivity index (χ4n) is 0.308. The molecule has 0 aromatic carbocycles. The Labute approximate surface area is 49.3 Å². The second-order valence-corrected chi connectivity index (χ2v) is 2.97. The summed E-state index contributed by atoms with van der Waals surface area (Å²) in [5, 5.41) is 0. The van der Waals surface area contributed by atoms with Gasteiger partial charge in [-0.25, -0.2) is 0 Å². The van der Waals surface area contributed by atoms with Gasteiger partial charge in [0.25, 0.3) is 0 Å². The Morgan fingerprint density at radius 2 is 1.75 bits per heavy atom. The van der Waals surface area contributed by atoms with Crippen LogP contribution in [-0.4, -0.2) is 5.75 Å². The van der Waals surface area contributed by atoms with Gasteiger partial charge in [-0.3, -0.25) is 0 Å². The molecule has 0 aliphatic heterocycles. The van der Waals surface area contributed by atoms with Crippen LogP contribution in [0.25, 0.3) is 0 Å². The SMILES string of the molecule is CCCCS(F)(F)F. The molecule has 0 radical (unpaired) electrons. The van der Waals surface area contributed by atoms with Crippen LogP contribution in [0.15, 0.2) is 0 Å². The van der Waals surface area contributed by atoms with Crippen LogP contribution in [0.3, 0.4) is 0 Å². The van der Waals surface area contributed by atoms with E-state index in [1.54, 1.807) is 6.92 Å². The summed E-state index contributed by atoms with van der Waals surface area (Å²) in [7, 11) is 0. The average Bonchev–Trinajstić information content (AvgIpc) is 1.59. The van der Waals surface area contributed by atoms with E-state index >= 15 is 0 Å². The molecule has 0 saturated heterocycles. The maximum Gasteiger partial charge on any atom is 0.209 e. The monoisotopic (exact) mass is 146 g/mol. The molecule has 0 spiro atoms. The summed E-state index contributed by atoms with van der Waals surface area (Å²) < 4.78 is 34.0. The average molecular weight is 146 g/mol. The van der Waals surface area contributed by atoms with E-state index in [1.165, 1.54) is 0 Å². The number of rotatable bonds is 3. The van der Waals surface area contributed by atoms with E-state index in [1.807, 2.05) is 0 Å². The van der Waals surface area contributed by atoms with E-state index < -0.39 is 16.9 Å². The number of unbranched alkanes of at least 4 members (excludes halogenated alkanes) is 1. The minimum atomic E-state index is -4.69. The summed E-state index contributed by atoms with van der Waals surface area (Å²) in [6.45, 7) is 1.76. The third kappa shape index (κ3) is 6.14. The smallest absolute Gasteiger partial charge is 0.125 e. The van der Waals surface area contributed by atoms with Crippen LogP contribution in [0.1, 0.15) is 19.8 Å². The molecule has 0 saturated carbocycles. The van der Waals surface area contributed by atoms with Gasteiger partial charge in [-0.2, -0.15) is 0 Å². The highest BCUT2D eigenvalue weighted by Crippen LogP contribution is 2.53. The van der Waals surface area contributed by atoms with Crippen molar-refractivity contribution in [2.45, 2.75) is 19.8 Å². The van der Waals surface area contributed by atoms with Crippen molar-refractivity contribution < 1.29 is 11.7 Å². The van der Waals surface area contributed by atoms with Crippen LogP contribution in [0.2, 0.25) is 0 Å². The van der Waals surface area contributed by atoms with Crippen LogP contribution >= 0.6 is 11.2 Å². The quantitative estimate of drug-likeness (QED) is 0.573.